The van der Waals surface area contributed by atoms with E-state index in [1.165, 1.54) is 18.8 Å². The van der Waals surface area contributed by atoms with Crippen molar-refractivity contribution in [1.29, 1.82) is 0 Å². The smallest absolute Gasteiger partial charge is 0.0327 e. The molecule has 1 heterocycles. The Morgan fingerprint density at radius 2 is 2.29 bits per heavy atom. The normalized spacial score (nSPS) is 31.1. The van der Waals surface area contributed by atoms with Crippen molar-refractivity contribution in [3.63, 3.8) is 0 Å². The topological polar surface area (TPSA) is 29.3 Å². The molecule has 0 spiro atoms. The Labute approximate surface area is 92.6 Å². The van der Waals surface area contributed by atoms with Gasteiger partial charge in [0.1, 0.15) is 0 Å². The lowest BCUT2D eigenvalue weighted by atomic mass is 9.88. The van der Waals surface area contributed by atoms with Gasteiger partial charge in [0.15, 0.2) is 0 Å². The maximum Gasteiger partial charge on any atom is 0.0327 e. The third kappa shape index (κ3) is 2.44. The number of hydrogen-bond donors (Lipinski definition) is 1. The summed E-state index contributed by atoms with van der Waals surface area (Å²) in [5.74, 6) is 1.25. The largest absolute Gasteiger partial charge is 0.326 e. The zero-order valence-corrected chi connectivity index (χ0v) is 10.7. The third-order valence-corrected chi connectivity index (χ3v) is 4.80. The predicted octanol–water partition coefficient (Wildman–Crippen LogP) is 1.94. The van der Waals surface area contributed by atoms with Crippen molar-refractivity contribution in [3.8, 4) is 0 Å². The molecule has 1 aliphatic rings. The molecule has 1 rings (SSSR count). The summed E-state index contributed by atoms with van der Waals surface area (Å²) in [5.41, 5.74) is 6.30. The highest BCUT2D eigenvalue weighted by atomic mass is 32.2. The minimum Gasteiger partial charge on any atom is -0.326 e. The summed E-state index contributed by atoms with van der Waals surface area (Å²) < 4.78 is 0. The second-order valence-electron chi connectivity index (χ2n) is 4.63. The van der Waals surface area contributed by atoms with Gasteiger partial charge < -0.3 is 5.73 Å². The Morgan fingerprint density at radius 1 is 1.64 bits per heavy atom. The molecule has 0 aromatic carbocycles. The van der Waals surface area contributed by atoms with E-state index in [4.69, 9.17) is 5.73 Å². The average Bonchev–Trinajstić information content (AvgIpc) is 2.16. The monoisotopic (exact) mass is 216 g/mol. The van der Waals surface area contributed by atoms with Gasteiger partial charge in [-0.2, -0.15) is 11.8 Å². The summed E-state index contributed by atoms with van der Waals surface area (Å²) in [4.78, 5) is 2.58. The number of rotatable bonds is 3. The molecule has 0 radical (unpaired) electrons. The molecule has 3 heteroatoms. The highest BCUT2D eigenvalue weighted by Crippen LogP contribution is 2.28. The molecule has 1 saturated heterocycles. The van der Waals surface area contributed by atoms with E-state index in [0.717, 1.165) is 11.7 Å². The van der Waals surface area contributed by atoms with Crippen LogP contribution in [0.4, 0.5) is 0 Å². The van der Waals surface area contributed by atoms with Crippen LogP contribution in [0.1, 0.15) is 34.1 Å². The van der Waals surface area contributed by atoms with Crippen LogP contribution in [0, 0.1) is 0 Å². The molecule has 2 nitrogen and oxygen atoms in total. The van der Waals surface area contributed by atoms with E-state index < -0.39 is 0 Å². The van der Waals surface area contributed by atoms with Gasteiger partial charge in [0, 0.05) is 35.7 Å². The van der Waals surface area contributed by atoms with Crippen molar-refractivity contribution in [1.82, 2.24) is 4.90 Å². The standard InChI is InChI=1S/C11H24N2S/c1-5-11(4,10(3)12)13-6-7-14-9(2)8-13/h9-10H,5-8,12H2,1-4H3. The molecule has 1 fully saturated rings. The summed E-state index contributed by atoms with van der Waals surface area (Å²) >= 11 is 2.08. The lowest BCUT2D eigenvalue weighted by Crippen LogP contribution is -2.59. The molecule has 0 bridgehead atoms. The lowest BCUT2D eigenvalue weighted by molar-refractivity contribution is 0.0836. The van der Waals surface area contributed by atoms with Gasteiger partial charge in [0.2, 0.25) is 0 Å². The third-order valence-electron chi connectivity index (χ3n) is 3.66. The van der Waals surface area contributed by atoms with Crippen LogP contribution in [0.2, 0.25) is 0 Å². The summed E-state index contributed by atoms with van der Waals surface area (Å²) in [5, 5.41) is 0.758. The van der Waals surface area contributed by atoms with Gasteiger partial charge in [-0.1, -0.05) is 13.8 Å². The van der Waals surface area contributed by atoms with E-state index in [9.17, 15) is 0 Å². The Hall–Kier alpha value is 0.270. The zero-order chi connectivity index (χ0) is 10.8. The molecular formula is C11H24N2S. The van der Waals surface area contributed by atoms with Gasteiger partial charge in [0.05, 0.1) is 0 Å². The number of thioether (sulfide) groups is 1. The van der Waals surface area contributed by atoms with Gasteiger partial charge in [-0.05, 0) is 20.3 Å². The maximum absolute atomic E-state index is 6.11. The first-order valence-electron chi connectivity index (χ1n) is 5.63. The van der Waals surface area contributed by atoms with Gasteiger partial charge in [-0.3, -0.25) is 4.90 Å². The fourth-order valence-corrected chi connectivity index (χ4v) is 3.13. The second kappa shape index (κ2) is 4.86. The van der Waals surface area contributed by atoms with Crippen LogP contribution in [-0.2, 0) is 0 Å². The van der Waals surface area contributed by atoms with Crippen molar-refractivity contribution in [2.24, 2.45) is 5.73 Å². The first kappa shape index (κ1) is 12.3. The quantitative estimate of drug-likeness (QED) is 0.782. The molecule has 0 aliphatic carbocycles. The van der Waals surface area contributed by atoms with Gasteiger partial charge in [-0.25, -0.2) is 0 Å². The Bertz CT molecular complexity index is 184. The van der Waals surface area contributed by atoms with Crippen molar-refractivity contribution in [3.05, 3.63) is 0 Å². The SMILES string of the molecule is CCC(C)(C(C)N)N1CCSC(C)C1. The van der Waals surface area contributed by atoms with Crippen molar-refractivity contribution in [2.75, 3.05) is 18.8 Å². The van der Waals surface area contributed by atoms with E-state index in [2.05, 4.69) is 44.4 Å². The fourth-order valence-electron chi connectivity index (χ4n) is 2.12. The van der Waals surface area contributed by atoms with Crippen LogP contribution in [0.5, 0.6) is 0 Å². The van der Waals surface area contributed by atoms with Crippen LogP contribution in [0.25, 0.3) is 0 Å². The van der Waals surface area contributed by atoms with E-state index >= 15 is 0 Å². The van der Waals surface area contributed by atoms with E-state index in [0.29, 0.717) is 0 Å². The van der Waals surface area contributed by atoms with Crippen molar-refractivity contribution >= 4 is 11.8 Å². The Balaban J connectivity index is 2.68. The second-order valence-corrected chi connectivity index (χ2v) is 6.17. The summed E-state index contributed by atoms with van der Waals surface area (Å²) in [6.45, 7) is 11.4. The first-order valence-corrected chi connectivity index (χ1v) is 6.67. The lowest BCUT2D eigenvalue weighted by Gasteiger charge is -2.47. The number of hydrogen-bond acceptors (Lipinski definition) is 3. The molecule has 3 atom stereocenters. The zero-order valence-electron chi connectivity index (χ0n) is 9.92. The summed E-state index contributed by atoms with van der Waals surface area (Å²) in [7, 11) is 0. The Kier molecular flexibility index (Phi) is 4.29. The first-order chi connectivity index (χ1) is 6.50. The Morgan fingerprint density at radius 3 is 2.71 bits per heavy atom. The summed E-state index contributed by atoms with van der Waals surface area (Å²) in [6, 6.07) is 0.253. The molecule has 0 amide bonds. The van der Waals surface area contributed by atoms with Gasteiger partial charge >= 0.3 is 0 Å². The van der Waals surface area contributed by atoms with Crippen LogP contribution < -0.4 is 5.73 Å². The van der Waals surface area contributed by atoms with E-state index in [1.54, 1.807) is 0 Å². The van der Waals surface area contributed by atoms with Gasteiger partial charge in [0.25, 0.3) is 0 Å². The maximum atomic E-state index is 6.11. The minimum atomic E-state index is 0.190. The van der Waals surface area contributed by atoms with Crippen LogP contribution in [-0.4, -0.2) is 40.6 Å². The molecule has 2 N–H and O–H groups in total. The predicted molar refractivity (Wildman–Crippen MR) is 65.8 cm³/mol. The molecule has 0 aromatic heterocycles. The van der Waals surface area contributed by atoms with Crippen molar-refractivity contribution in [2.45, 2.75) is 50.9 Å². The van der Waals surface area contributed by atoms with E-state index in [1.807, 2.05) is 0 Å². The molecule has 84 valence electrons. The minimum absolute atomic E-state index is 0.190. The van der Waals surface area contributed by atoms with E-state index in [-0.39, 0.29) is 11.6 Å². The summed E-state index contributed by atoms with van der Waals surface area (Å²) in [6.07, 6.45) is 1.14. The van der Waals surface area contributed by atoms with Crippen LogP contribution in [0.3, 0.4) is 0 Å². The molecule has 3 unspecified atom stereocenters. The highest BCUT2D eigenvalue weighted by Gasteiger charge is 2.35. The van der Waals surface area contributed by atoms with Crippen LogP contribution in [0.15, 0.2) is 0 Å². The molecule has 1 aliphatic heterocycles. The van der Waals surface area contributed by atoms with Gasteiger partial charge in [-0.15, -0.1) is 0 Å². The number of nitrogens with zero attached hydrogens (tertiary/aromatic N) is 1. The molecule has 0 saturated carbocycles. The van der Waals surface area contributed by atoms with Crippen LogP contribution >= 0.6 is 11.8 Å². The average molecular weight is 216 g/mol. The highest BCUT2D eigenvalue weighted by molar-refractivity contribution is 7.99. The molecular weight excluding hydrogens is 192 g/mol. The van der Waals surface area contributed by atoms with Crippen molar-refractivity contribution < 1.29 is 0 Å². The fraction of sp³-hybridized carbons (Fsp3) is 1.00. The molecule has 0 aromatic rings. The molecule has 14 heavy (non-hydrogen) atoms. The number of nitrogens with two attached hydrogens (primary N) is 1.